The standard InChI is InChI=1S/C10H16ClN3O2S/c1-2-8-9(17-14-13-8)10(15)12-5-3-6-16-7-4-11/h2-7H2,1H3,(H,12,15). The number of rotatable bonds is 8. The maximum absolute atomic E-state index is 11.7. The van der Waals surface area contributed by atoms with Crippen LogP contribution in [0.1, 0.15) is 28.7 Å². The lowest BCUT2D eigenvalue weighted by Crippen LogP contribution is -2.25. The van der Waals surface area contributed by atoms with Crippen molar-refractivity contribution in [3.8, 4) is 0 Å². The van der Waals surface area contributed by atoms with E-state index in [1.54, 1.807) is 0 Å². The lowest BCUT2D eigenvalue weighted by molar-refractivity contribution is 0.0947. The Hall–Kier alpha value is -0.720. The van der Waals surface area contributed by atoms with Crippen LogP contribution in [-0.4, -0.2) is 41.1 Å². The molecule has 1 heterocycles. The van der Waals surface area contributed by atoms with Gasteiger partial charge in [-0.05, 0) is 24.4 Å². The molecule has 0 fully saturated rings. The summed E-state index contributed by atoms with van der Waals surface area (Å²) in [5.74, 6) is 0.396. The van der Waals surface area contributed by atoms with E-state index >= 15 is 0 Å². The normalized spacial score (nSPS) is 10.5. The minimum absolute atomic E-state index is 0.103. The first-order chi connectivity index (χ1) is 8.29. The molecule has 1 amide bonds. The molecule has 0 spiro atoms. The highest BCUT2D eigenvalue weighted by atomic mass is 35.5. The van der Waals surface area contributed by atoms with E-state index in [2.05, 4.69) is 14.9 Å². The Labute approximate surface area is 110 Å². The Balaban J connectivity index is 2.21. The van der Waals surface area contributed by atoms with Crippen molar-refractivity contribution in [3.63, 3.8) is 0 Å². The lowest BCUT2D eigenvalue weighted by atomic mass is 10.3. The van der Waals surface area contributed by atoms with E-state index in [-0.39, 0.29) is 5.91 Å². The highest BCUT2D eigenvalue weighted by Gasteiger charge is 2.13. The summed E-state index contributed by atoms with van der Waals surface area (Å²) in [4.78, 5) is 12.3. The summed E-state index contributed by atoms with van der Waals surface area (Å²) in [6.07, 6.45) is 1.49. The quantitative estimate of drug-likeness (QED) is 0.577. The first-order valence-corrected chi connectivity index (χ1v) is 6.83. The van der Waals surface area contributed by atoms with Gasteiger partial charge in [0.1, 0.15) is 4.88 Å². The third kappa shape index (κ3) is 4.97. The van der Waals surface area contributed by atoms with Crippen molar-refractivity contribution in [1.82, 2.24) is 14.9 Å². The summed E-state index contributed by atoms with van der Waals surface area (Å²) in [6, 6.07) is 0. The molecule has 0 unspecified atom stereocenters. The van der Waals surface area contributed by atoms with Crippen LogP contribution in [-0.2, 0) is 11.2 Å². The van der Waals surface area contributed by atoms with Crippen LogP contribution >= 0.6 is 23.1 Å². The van der Waals surface area contributed by atoms with Crippen molar-refractivity contribution in [2.75, 3.05) is 25.6 Å². The van der Waals surface area contributed by atoms with E-state index < -0.39 is 0 Å². The SMILES string of the molecule is CCc1nnsc1C(=O)NCCCOCCCl. The number of alkyl halides is 1. The topological polar surface area (TPSA) is 64.1 Å². The van der Waals surface area contributed by atoms with Crippen LogP contribution in [0.5, 0.6) is 0 Å². The lowest BCUT2D eigenvalue weighted by Gasteiger charge is -2.04. The molecule has 0 atom stereocenters. The Morgan fingerprint density at radius 2 is 2.35 bits per heavy atom. The van der Waals surface area contributed by atoms with Gasteiger partial charge in [0.25, 0.3) is 5.91 Å². The van der Waals surface area contributed by atoms with Gasteiger partial charge >= 0.3 is 0 Å². The Morgan fingerprint density at radius 1 is 1.53 bits per heavy atom. The van der Waals surface area contributed by atoms with Crippen LogP contribution in [0.4, 0.5) is 0 Å². The molecule has 0 saturated carbocycles. The van der Waals surface area contributed by atoms with Gasteiger partial charge in [-0.15, -0.1) is 16.7 Å². The van der Waals surface area contributed by atoms with E-state index in [0.717, 1.165) is 30.1 Å². The van der Waals surface area contributed by atoms with Gasteiger partial charge in [0.05, 0.1) is 12.3 Å². The Bertz CT molecular complexity index is 346. The molecule has 7 heteroatoms. The third-order valence-electron chi connectivity index (χ3n) is 2.07. The highest BCUT2D eigenvalue weighted by Crippen LogP contribution is 2.10. The number of nitrogens with one attached hydrogen (secondary N) is 1. The first-order valence-electron chi connectivity index (χ1n) is 5.52. The maximum Gasteiger partial charge on any atom is 0.264 e. The smallest absolute Gasteiger partial charge is 0.264 e. The van der Waals surface area contributed by atoms with Gasteiger partial charge in [-0.1, -0.05) is 11.4 Å². The zero-order valence-corrected chi connectivity index (χ0v) is 11.3. The summed E-state index contributed by atoms with van der Waals surface area (Å²) in [7, 11) is 0. The number of ether oxygens (including phenoxy) is 1. The molecule has 0 bridgehead atoms. The van der Waals surface area contributed by atoms with E-state index in [9.17, 15) is 4.79 Å². The van der Waals surface area contributed by atoms with Crippen molar-refractivity contribution in [2.24, 2.45) is 0 Å². The zero-order valence-electron chi connectivity index (χ0n) is 9.74. The van der Waals surface area contributed by atoms with Gasteiger partial charge in [0.15, 0.2) is 0 Å². The summed E-state index contributed by atoms with van der Waals surface area (Å²) in [5.41, 5.74) is 0.755. The third-order valence-corrected chi connectivity index (χ3v) is 2.99. The van der Waals surface area contributed by atoms with Gasteiger partial charge in [-0.2, -0.15) is 0 Å². The largest absolute Gasteiger partial charge is 0.380 e. The average molecular weight is 278 g/mol. The molecule has 1 aromatic rings. The number of carbonyl (C=O) groups is 1. The van der Waals surface area contributed by atoms with Gasteiger partial charge in [0.2, 0.25) is 0 Å². The number of hydrogen-bond acceptors (Lipinski definition) is 5. The molecule has 17 heavy (non-hydrogen) atoms. The van der Waals surface area contributed by atoms with Crippen molar-refractivity contribution in [2.45, 2.75) is 19.8 Å². The molecular weight excluding hydrogens is 262 g/mol. The molecule has 1 rings (SSSR count). The van der Waals surface area contributed by atoms with Crippen LogP contribution in [0.25, 0.3) is 0 Å². The van der Waals surface area contributed by atoms with Crippen LogP contribution in [0, 0.1) is 0 Å². The van der Waals surface area contributed by atoms with Gasteiger partial charge < -0.3 is 10.1 Å². The minimum Gasteiger partial charge on any atom is -0.380 e. The Morgan fingerprint density at radius 3 is 3.06 bits per heavy atom. The van der Waals surface area contributed by atoms with Crippen LogP contribution < -0.4 is 5.32 Å². The predicted octanol–water partition coefficient (Wildman–Crippen LogP) is 1.48. The van der Waals surface area contributed by atoms with Crippen LogP contribution in [0.2, 0.25) is 0 Å². The van der Waals surface area contributed by atoms with Crippen molar-refractivity contribution < 1.29 is 9.53 Å². The fourth-order valence-corrected chi connectivity index (χ4v) is 2.00. The second-order valence-electron chi connectivity index (χ2n) is 3.31. The summed E-state index contributed by atoms with van der Waals surface area (Å²) >= 11 is 6.59. The van der Waals surface area contributed by atoms with Crippen LogP contribution in [0.3, 0.4) is 0 Å². The van der Waals surface area contributed by atoms with Crippen LogP contribution in [0.15, 0.2) is 0 Å². The fourth-order valence-electron chi connectivity index (χ4n) is 1.23. The summed E-state index contributed by atoms with van der Waals surface area (Å²) in [6.45, 7) is 3.69. The second-order valence-corrected chi connectivity index (χ2v) is 4.45. The molecule has 1 N–H and O–H groups in total. The molecule has 0 aliphatic rings. The summed E-state index contributed by atoms with van der Waals surface area (Å²) in [5, 5.41) is 6.71. The number of carbonyl (C=O) groups excluding carboxylic acids is 1. The summed E-state index contributed by atoms with van der Waals surface area (Å²) < 4.78 is 8.97. The molecule has 1 aromatic heterocycles. The molecular formula is C10H16ClN3O2S. The molecule has 0 aliphatic heterocycles. The van der Waals surface area contributed by atoms with E-state index in [1.165, 1.54) is 0 Å². The number of halogens is 1. The van der Waals surface area contributed by atoms with Gasteiger partial charge in [0, 0.05) is 19.0 Å². The van der Waals surface area contributed by atoms with Crippen molar-refractivity contribution in [3.05, 3.63) is 10.6 Å². The number of amides is 1. The molecule has 0 saturated heterocycles. The zero-order chi connectivity index (χ0) is 12.5. The van der Waals surface area contributed by atoms with E-state index in [1.807, 2.05) is 6.92 Å². The number of aryl methyl sites for hydroxylation is 1. The first kappa shape index (κ1) is 14.3. The van der Waals surface area contributed by atoms with Gasteiger partial charge in [-0.3, -0.25) is 4.79 Å². The van der Waals surface area contributed by atoms with Crippen molar-refractivity contribution >= 4 is 29.0 Å². The second kappa shape index (κ2) is 8.38. The van der Waals surface area contributed by atoms with E-state index in [0.29, 0.717) is 30.5 Å². The predicted molar refractivity (Wildman–Crippen MR) is 67.8 cm³/mol. The monoisotopic (exact) mass is 277 g/mol. The molecule has 5 nitrogen and oxygen atoms in total. The number of hydrogen-bond donors (Lipinski definition) is 1. The van der Waals surface area contributed by atoms with E-state index in [4.69, 9.17) is 16.3 Å². The number of aromatic nitrogens is 2. The van der Waals surface area contributed by atoms with Gasteiger partial charge in [-0.25, -0.2) is 0 Å². The minimum atomic E-state index is -0.103. The number of nitrogens with zero attached hydrogens (tertiary/aromatic N) is 2. The van der Waals surface area contributed by atoms with Crippen molar-refractivity contribution in [1.29, 1.82) is 0 Å². The maximum atomic E-state index is 11.7. The Kier molecular flexibility index (Phi) is 7.07. The molecule has 96 valence electrons. The highest BCUT2D eigenvalue weighted by molar-refractivity contribution is 7.08. The average Bonchev–Trinajstić information content (AvgIpc) is 2.81. The molecule has 0 radical (unpaired) electrons. The fraction of sp³-hybridized carbons (Fsp3) is 0.700. The molecule has 0 aliphatic carbocycles. The molecule has 0 aromatic carbocycles.